The highest BCUT2D eigenvalue weighted by molar-refractivity contribution is 7.89. The maximum Gasteiger partial charge on any atom is 0.244 e. The molecule has 9 nitrogen and oxygen atoms in total. The second-order valence-electron chi connectivity index (χ2n) is 8.67. The Hall–Kier alpha value is -2.50. The minimum absolute atomic E-state index is 0.0707. The first kappa shape index (κ1) is 22.3. The number of aromatic nitrogens is 2. The van der Waals surface area contributed by atoms with Crippen molar-refractivity contribution in [3.8, 4) is 10.7 Å². The number of carbonyl (C=O) groups is 1. The molecule has 0 unspecified atom stereocenters. The van der Waals surface area contributed by atoms with E-state index in [-0.39, 0.29) is 16.7 Å². The Morgan fingerprint density at radius 1 is 1.21 bits per heavy atom. The summed E-state index contributed by atoms with van der Waals surface area (Å²) in [5.74, 6) is 2.63. The number of amides is 1. The Morgan fingerprint density at radius 2 is 1.97 bits per heavy atom. The smallest absolute Gasteiger partial charge is 0.244 e. The number of nitrogens with zero attached hydrogens (tertiary/aromatic N) is 3. The van der Waals surface area contributed by atoms with Gasteiger partial charge in [0.05, 0.1) is 16.3 Å². The lowest BCUT2D eigenvalue weighted by Gasteiger charge is -2.30. The van der Waals surface area contributed by atoms with Crippen LogP contribution in [0.4, 0.5) is 0 Å². The van der Waals surface area contributed by atoms with E-state index in [0.717, 1.165) is 18.6 Å². The minimum atomic E-state index is -3.67. The summed E-state index contributed by atoms with van der Waals surface area (Å²) in [6.07, 6.45) is 3.07. The Balaban J connectivity index is 1.22. The van der Waals surface area contributed by atoms with Crippen molar-refractivity contribution >= 4 is 27.3 Å². The van der Waals surface area contributed by atoms with Crippen molar-refractivity contribution in [2.45, 2.75) is 56.9 Å². The maximum absolute atomic E-state index is 13.3. The summed E-state index contributed by atoms with van der Waals surface area (Å²) in [5.41, 5.74) is 0. The van der Waals surface area contributed by atoms with E-state index >= 15 is 0 Å². The summed E-state index contributed by atoms with van der Waals surface area (Å²) in [4.78, 5) is 18.6. The van der Waals surface area contributed by atoms with Crippen molar-refractivity contribution in [1.82, 2.24) is 19.8 Å². The van der Waals surface area contributed by atoms with E-state index in [4.69, 9.17) is 8.94 Å². The molecule has 5 rings (SSSR count). The molecule has 0 radical (unpaired) electrons. The highest BCUT2D eigenvalue weighted by atomic mass is 32.2. The second-order valence-corrected chi connectivity index (χ2v) is 11.8. The molecule has 0 spiro atoms. The van der Waals surface area contributed by atoms with Gasteiger partial charge in [-0.1, -0.05) is 5.16 Å². The van der Waals surface area contributed by atoms with Gasteiger partial charge < -0.3 is 14.3 Å². The van der Waals surface area contributed by atoms with E-state index in [1.807, 2.05) is 19.1 Å². The molecule has 11 heteroatoms. The molecule has 1 aliphatic heterocycles. The zero-order valence-electron chi connectivity index (χ0n) is 18.5. The number of aryl methyl sites for hydroxylation is 2. The monoisotopic (exact) mass is 490 g/mol. The lowest BCUT2D eigenvalue weighted by Crippen LogP contribution is -2.42. The van der Waals surface area contributed by atoms with E-state index in [0.29, 0.717) is 65.6 Å². The molecule has 33 heavy (non-hydrogen) atoms. The zero-order valence-corrected chi connectivity index (χ0v) is 20.2. The van der Waals surface area contributed by atoms with Gasteiger partial charge >= 0.3 is 0 Å². The molecular weight excluding hydrogens is 464 g/mol. The second kappa shape index (κ2) is 8.69. The highest BCUT2D eigenvalue weighted by Crippen LogP contribution is 2.41. The zero-order chi connectivity index (χ0) is 23.2. The number of hydrogen-bond donors (Lipinski definition) is 1. The van der Waals surface area contributed by atoms with Gasteiger partial charge in [0.1, 0.15) is 11.5 Å². The van der Waals surface area contributed by atoms with Crippen LogP contribution in [0.15, 0.2) is 32.0 Å². The van der Waals surface area contributed by atoms with Crippen molar-refractivity contribution in [1.29, 1.82) is 0 Å². The Kier molecular flexibility index (Phi) is 5.87. The molecule has 1 amide bonds. The van der Waals surface area contributed by atoms with Crippen LogP contribution in [0.2, 0.25) is 0 Å². The standard InChI is InChI=1S/C22H26N4O5S2/c1-13-3-6-17(30-13)12-23-21(27)15-7-9-26(10-8-15)33(28,29)19-11-18(32-14(19)2)20-24-22(31-25-20)16-4-5-16/h3,6,11,15-16H,4-5,7-10,12H2,1-2H3,(H,23,27). The predicted molar refractivity (Wildman–Crippen MR) is 121 cm³/mol. The first-order valence-electron chi connectivity index (χ1n) is 11.1. The van der Waals surface area contributed by atoms with Gasteiger partial charge in [0, 0.05) is 29.8 Å². The number of hydrogen-bond acceptors (Lipinski definition) is 8. The van der Waals surface area contributed by atoms with Crippen LogP contribution in [0.1, 0.15) is 53.9 Å². The van der Waals surface area contributed by atoms with Gasteiger partial charge in [-0.05, 0) is 57.7 Å². The number of piperidine rings is 1. The summed E-state index contributed by atoms with van der Waals surface area (Å²) in [5, 5.41) is 6.92. The number of sulfonamides is 1. The molecule has 1 saturated heterocycles. The van der Waals surface area contributed by atoms with Crippen molar-refractivity contribution in [2.75, 3.05) is 13.1 Å². The van der Waals surface area contributed by atoms with Gasteiger partial charge in [-0.3, -0.25) is 4.79 Å². The van der Waals surface area contributed by atoms with Gasteiger partial charge in [0.2, 0.25) is 27.6 Å². The van der Waals surface area contributed by atoms with Crippen LogP contribution in [0, 0.1) is 19.8 Å². The summed E-state index contributed by atoms with van der Waals surface area (Å²) < 4.78 is 38.9. The van der Waals surface area contributed by atoms with E-state index in [2.05, 4.69) is 15.5 Å². The van der Waals surface area contributed by atoms with Gasteiger partial charge in [-0.2, -0.15) is 9.29 Å². The van der Waals surface area contributed by atoms with E-state index in [9.17, 15) is 13.2 Å². The molecule has 2 fully saturated rings. The third-order valence-corrected chi connectivity index (χ3v) is 9.34. The molecule has 0 atom stereocenters. The van der Waals surface area contributed by atoms with Crippen molar-refractivity contribution in [3.63, 3.8) is 0 Å². The molecule has 176 valence electrons. The average Bonchev–Trinajstić information content (AvgIpc) is 3.18. The third-order valence-electron chi connectivity index (χ3n) is 6.14. The third kappa shape index (κ3) is 4.62. The van der Waals surface area contributed by atoms with Crippen molar-refractivity contribution in [3.05, 3.63) is 40.5 Å². The Labute approximate surface area is 196 Å². The largest absolute Gasteiger partial charge is 0.465 e. The lowest BCUT2D eigenvalue weighted by molar-refractivity contribution is -0.126. The molecule has 4 heterocycles. The minimum Gasteiger partial charge on any atom is -0.465 e. The van der Waals surface area contributed by atoms with Crippen molar-refractivity contribution in [2.24, 2.45) is 5.92 Å². The average molecular weight is 491 g/mol. The van der Waals surface area contributed by atoms with Gasteiger partial charge in [0.15, 0.2) is 0 Å². The number of carbonyl (C=O) groups excluding carboxylic acids is 1. The van der Waals surface area contributed by atoms with E-state index in [1.54, 1.807) is 13.0 Å². The van der Waals surface area contributed by atoms with Crippen molar-refractivity contribution < 1.29 is 22.2 Å². The van der Waals surface area contributed by atoms with Crippen LogP contribution in [-0.2, 0) is 21.4 Å². The molecule has 1 saturated carbocycles. The van der Waals surface area contributed by atoms with Crippen LogP contribution < -0.4 is 5.32 Å². The molecule has 3 aromatic heterocycles. The van der Waals surface area contributed by atoms with Crippen LogP contribution >= 0.6 is 11.3 Å². The van der Waals surface area contributed by atoms with Gasteiger partial charge in [-0.25, -0.2) is 8.42 Å². The Morgan fingerprint density at radius 3 is 2.64 bits per heavy atom. The van der Waals surface area contributed by atoms with Crippen LogP contribution in [-0.4, -0.2) is 41.9 Å². The molecule has 1 N–H and O–H groups in total. The molecule has 3 aromatic rings. The highest BCUT2D eigenvalue weighted by Gasteiger charge is 2.35. The summed E-state index contributed by atoms with van der Waals surface area (Å²) in [6.45, 7) is 4.59. The SMILES string of the molecule is Cc1ccc(CNC(=O)C2CCN(S(=O)(=O)c3cc(-c4noc(C5CC5)n4)sc3C)CC2)o1. The predicted octanol–water partition coefficient (Wildman–Crippen LogP) is 3.60. The molecule has 1 aliphatic carbocycles. The van der Waals surface area contributed by atoms with E-state index in [1.165, 1.54) is 15.6 Å². The fourth-order valence-electron chi connectivity index (χ4n) is 4.06. The molecule has 2 aliphatic rings. The quantitative estimate of drug-likeness (QED) is 0.537. The molecule has 0 aromatic carbocycles. The van der Waals surface area contributed by atoms with Gasteiger partial charge in [-0.15, -0.1) is 11.3 Å². The fourth-order valence-corrected chi connectivity index (χ4v) is 7.01. The summed E-state index contributed by atoms with van der Waals surface area (Å²) in [7, 11) is -3.67. The molecule has 0 bridgehead atoms. The van der Waals surface area contributed by atoms with E-state index < -0.39 is 10.0 Å². The van der Waals surface area contributed by atoms with Gasteiger partial charge in [0.25, 0.3) is 0 Å². The fraction of sp³-hybridized carbons (Fsp3) is 0.500. The summed E-state index contributed by atoms with van der Waals surface area (Å²) >= 11 is 1.35. The number of nitrogens with one attached hydrogen (secondary N) is 1. The maximum atomic E-state index is 13.3. The molecular formula is C22H26N4O5S2. The number of thiophene rings is 1. The number of rotatable bonds is 7. The first-order chi connectivity index (χ1) is 15.8. The summed E-state index contributed by atoms with van der Waals surface area (Å²) in [6, 6.07) is 5.33. The Bertz CT molecular complexity index is 1260. The number of furan rings is 1. The van der Waals surface area contributed by atoms with Crippen LogP contribution in [0.5, 0.6) is 0 Å². The van der Waals surface area contributed by atoms with Crippen LogP contribution in [0.3, 0.4) is 0 Å². The topological polar surface area (TPSA) is 119 Å². The lowest BCUT2D eigenvalue weighted by atomic mass is 9.97. The normalized spacial score (nSPS) is 18.0. The van der Waals surface area contributed by atoms with Crippen LogP contribution in [0.25, 0.3) is 10.7 Å². The first-order valence-corrected chi connectivity index (χ1v) is 13.3.